The zero-order valence-corrected chi connectivity index (χ0v) is 10.6. The molecule has 0 fully saturated rings. The molecule has 4 heteroatoms. The smallest absolute Gasteiger partial charge is 0.128 e. The lowest BCUT2D eigenvalue weighted by atomic mass is 9.95. The van der Waals surface area contributed by atoms with Crippen LogP contribution in [0.4, 0.5) is 8.78 Å². The zero-order valence-electron chi connectivity index (χ0n) is 10.6. The van der Waals surface area contributed by atoms with Crippen LogP contribution in [-0.2, 0) is 0 Å². The summed E-state index contributed by atoms with van der Waals surface area (Å²) >= 11 is 0. The first kappa shape index (κ1) is 12.7. The second kappa shape index (κ2) is 4.98. The number of benzene rings is 2. The van der Waals surface area contributed by atoms with Crippen molar-refractivity contribution < 1.29 is 8.78 Å². The van der Waals surface area contributed by atoms with Crippen molar-refractivity contribution in [3.8, 4) is 0 Å². The molecular weight excluding hydrogens is 258 g/mol. The summed E-state index contributed by atoms with van der Waals surface area (Å²) < 4.78 is 27.2. The van der Waals surface area contributed by atoms with E-state index >= 15 is 0 Å². The van der Waals surface area contributed by atoms with Gasteiger partial charge in [-0.25, -0.2) is 8.78 Å². The summed E-state index contributed by atoms with van der Waals surface area (Å²) in [5.41, 5.74) is 7.02. The fourth-order valence-electron chi connectivity index (χ4n) is 2.34. The molecule has 0 bridgehead atoms. The van der Waals surface area contributed by atoms with Gasteiger partial charge in [0.15, 0.2) is 0 Å². The molecule has 2 aromatic carbocycles. The monoisotopic (exact) mass is 270 g/mol. The molecule has 0 amide bonds. The Labute approximate surface area is 114 Å². The Balaban J connectivity index is 2.17. The molecule has 3 rings (SSSR count). The highest BCUT2D eigenvalue weighted by molar-refractivity contribution is 5.85. The van der Waals surface area contributed by atoms with Crippen molar-refractivity contribution in [1.82, 2.24) is 4.98 Å². The standard InChI is InChI=1S/C16H12F2N2/c17-11-4-5-15(18)14(8-11)16(19)13-3-1-2-10-9-20-7-6-12(10)13/h1-9,16H,19H2. The number of aromatic nitrogens is 1. The van der Waals surface area contributed by atoms with E-state index in [0.29, 0.717) is 0 Å². The van der Waals surface area contributed by atoms with E-state index < -0.39 is 17.7 Å². The van der Waals surface area contributed by atoms with Crippen molar-refractivity contribution in [2.45, 2.75) is 6.04 Å². The van der Waals surface area contributed by atoms with Gasteiger partial charge in [0.1, 0.15) is 11.6 Å². The molecule has 100 valence electrons. The SMILES string of the molecule is NC(c1cc(F)ccc1F)c1cccc2cnccc12. The van der Waals surface area contributed by atoms with Gasteiger partial charge in [-0.05, 0) is 35.2 Å². The maximum absolute atomic E-state index is 13.8. The van der Waals surface area contributed by atoms with Gasteiger partial charge in [0.2, 0.25) is 0 Å². The lowest BCUT2D eigenvalue weighted by Gasteiger charge is -2.16. The van der Waals surface area contributed by atoms with Crippen LogP contribution in [-0.4, -0.2) is 4.98 Å². The zero-order chi connectivity index (χ0) is 14.1. The number of halogens is 2. The predicted octanol–water partition coefficient (Wildman–Crippen LogP) is 3.56. The molecule has 2 nitrogen and oxygen atoms in total. The summed E-state index contributed by atoms with van der Waals surface area (Å²) in [6.45, 7) is 0. The van der Waals surface area contributed by atoms with Gasteiger partial charge < -0.3 is 5.73 Å². The molecule has 0 saturated heterocycles. The van der Waals surface area contributed by atoms with Crippen molar-refractivity contribution >= 4 is 10.8 Å². The van der Waals surface area contributed by atoms with Crippen molar-refractivity contribution in [3.05, 3.63) is 77.6 Å². The van der Waals surface area contributed by atoms with E-state index in [9.17, 15) is 8.78 Å². The number of fused-ring (bicyclic) bond motifs is 1. The van der Waals surface area contributed by atoms with Gasteiger partial charge in [-0.2, -0.15) is 0 Å². The van der Waals surface area contributed by atoms with Crippen LogP contribution in [0.3, 0.4) is 0 Å². The fraction of sp³-hybridized carbons (Fsp3) is 0.0625. The number of hydrogen-bond donors (Lipinski definition) is 1. The van der Waals surface area contributed by atoms with Gasteiger partial charge in [-0.3, -0.25) is 4.98 Å². The first-order valence-corrected chi connectivity index (χ1v) is 6.20. The van der Waals surface area contributed by atoms with Crippen molar-refractivity contribution in [2.75, 3.05) is 0 Å². The molecule has 0 radical (unpaired) electrons. The predicted molar refractivity (Wildman–Crippen MR) is 74.1 cm³/mol. The lowest BCUT2D eigenvalue weighted by molar-refractivity contribution is 0.577. The van der Waals surface area contributed by atoms with Gasteiger partial charge in [0.05, 0.1) is 6.04 Å². The van der Waals surface area contributed by atoms with E-state index in [2.05, 4.69) is 4.98 Å². The second-order valence-corrected chi connectivity index (χ2v) is 4.59. The van der Waals surface area contributed by atoms with Crippen molar-refractivity contribution in [1.29, 1.82) is 0 Å². The van der Waals surface area contributed by atoms with E-state index in [-0.39, 0.29) is 5.56 Å². The average molecular weight is 270 g/mol. The minimum Gasteiger partial charge on any atom is -0.320 e. The molecule has 0 saturated carbocycles. The summed E-state index contributed by atoms with van der Waals surface area (Å²) in [6.07, 6.45) is 3.37. The number of nitrogens with two attached hydrogens (primary N) is 1. The van der Waals surface area contributed by atoms with Crippen LogP contribution in [0.2, 0.25) is 0 Å². The topological polar surface area (TPSA) is 38.9 Å². The molecule has 0 aliphatic rings. The number of nitrogens with zero attached hydrogens (tertiary/aromatic N) is 1. The molecule has 0 aliphatic carbocycles. The Morgan fingerprint density at radius 2 is 1.85 bits per heavy atom. The minimum atomic E-state index is -0.725. The minimum absolute atomic E-state index is 0.148. The van der Waals surface area contributed by atoms with E-state index in [1.807, 2.05) is 24.3 Å². The van der Waals surface area contributed by atoms with Gasteiger partial charge >= 0.3 is 0 Å². The summed E-state index contributed by atoms with van der Waals surface area (Å²) in [5.74, 6) is -1.01. The third-order valence-electron chi connectivity index (χ3n) is 3.34. The summed E-state index contributed by atoms with van der Waals surface area (Å²) in [5, 5.41) is 1.80. The average Bonchev–Trinajstić information content (AvgIpc) is 2.48. The van der Waals surface area contributed by atoms with Crippen LogP contribution in [0.1, 0.15) is 17.2 Å². The van der Waals surface area contributed by atoms with E-state index in [0.717, 1.165) is 34.5 Å². The molecule has 3 aromatic rings. The van der Waals surface area contributed by atoms with Crippen LogP contribution in [0, 0.1) is 11.6 Å². The van der Waals surface area contributed by atoms with Crippen molar-refractivity contribution in [3.63, 3.8) is 0 Å². The molecule has 2 N–H and O–H groups in total. The van der Waals surface area contributed by atoms with Gasteiger partial charge in [0.25, 0.3) is 0 Å². The van der Waals surface area contributed by atoms with Crippen LogP contribution in [0.25, 0.3) is 10.8 Å². The molecule has 0 aliphatic heterocycles. The maximum atomic E-state index is 13.8. The highest BCUT2D eigenvalue weighted by Crippen LogP contribution is 2.28. The lowest BCUT2D eigenvalue weighted by Crippen LogP contribution is -2.14. The quantitative estimate of drug-likeness (QED) is 0.773. The van der Waals surface area contributed by atoms with E-state index in [1.165, 1.54) is 0 Å². The Bertz CT molecular complexity index is 766. The fourth-order valence-corrected chi connectivity index (χ4v) is 2.34. The highest BCUT2D eigenvalue weighted by Gasteiger charge is 2.16. The molecule has 0 spiro atoms. The second-order valence-electron chi connectivity index (χ2n) is 4.59. The summed E-state index contributed by atoms with van der Waals surface area (Å²) in [6, 6.07) is 9.96. The summed E-state index contributed by atoms with van der Waals surface area (Å²) in [7, 11) is 0. The normalized spacial score (nSPS) is 12.6. The number of pyridine rings is 1. The van der Waals surface area contributed by atoms with Crippen LogP contribution in [0.15, 0.2) is 54.9 Å². The van der Waals surface area contributed by atoms with Crippen molar-refractivity contribution in [2.24, 2.45) is 5.73 Å². The largest absolute Gasteiger partial charge is 0.320 e. The van der Waals surface area contributed by atoms with Crippen LogP contribution in [0.5, 0.6) is 0 Å². The molecule has 1 heterocycles. The molecular formula is C16H12F2N2. The Morgan fingerprint density at radius 3 is 2.70 bits per heavy atom. The third kappa shape index (κ3) is 2.14. The molecule has 1 atom stereocenters. The van der Waals surface area contributed by atoms with Gasteiger partial charge in [0, 0.05) is 23.3 Å². The first-order chi connectivity index (χ1) is 9.66. The molecule has 20 heavy (non-hydrogen) atoms. The van der Waals surface area contributed by atoms with E-state index in [1.54, 1.807) is 12.4 Å². The van der Waals surface area contributed by atoms with E-state index in [4.69, 9.17) is 5.73 Å². The highest BCUT2D eigenvalue weighted by atomic mass is 19.1. The first-order valence-electron chi connectivity index (χ1n) is 6.20. The Hall–Kier alpha value is -2.33. The number of hydrogen-bond acceptors (Lipinski definition) is 2. The van der Waals surface area contributed by atoms with Crippen LogP contribution < -0.4 is 5.73 Å². The summed E-state index contributed by atoms with van der Waals surface area (Å²) in [4.78, 5) is 4.04. The molecule has 1 aromatic heterocycles. The van der Waals surface area contributed by atoms with Gasteiger partial charge in [-0.15, -0.1) is 0 Å². The third-order valence-corrected chi connectivity index (χ3v) is 3.34. The Morgan fingerprint density at radius 1 is 1.00 bits per heavy atom. The maximum Gasteiger partial charge on any atom is 0.128 e. The van der Waals surface area contributed by atoms with Gasteiger partial charge in [-0.1, -0.05) is 18.2 Å². The Kier molecular flexibility index (Phi) is 3.16. The number of rotatable bonds is 2. The molecule has 1 unspecified atom stereocenters. The van der Waals surface area contributed by atoms with Crippen LogP contribution >= 0.6 is 0 Å².